The van der Waals surface area contributed by atoms with E-state index in [-0.39, 0.29) is 0 Å². The molecule has 28 heavy (non-hydrogen) atoms. The second-order valence-electron chi connectivity index (χ2n) is 6.98. The molecule has 3 aromatic heterocycles. The van der Waals surface area contributed by atoms with Crippen molar-refractivity contribution in [3.8, 4) is 17.1 Å². The Morgan fingerprint density at radius 1 is 1.11 bits per heavy atom. The van der Waals surface area contributed by atoms with Crippen LogP contribution in [0.2, 0.25) is 0 Å². The SMILES string of the molecule is Cc1cccc(-c2ccn(-c3cc(N4CCOCC4)c4sc(N)cc4n3)n2)c1. The number of nitrogen functional groups attached to an aromatic ring is 1. The molecule has 2 N–H and O–H groups in total. The van der Waals surface area contributed by atoms with Crippen LogP contribution in [-0.2, 0) is 4.74 Å². The van der Waals surface area contributed by atoms with Gasteiger partial charge in [0.15, 0.2) is 5.82 Å². The van der Waals surface area contributed by atoms with Crippen LogP contribution in [0.5, 0.6) is 0 Å². The van der Waals surface area contributed by atoms with E-state index in [9.17, 15) is 0 Å². The minimum Gasteiger partial charge on any atom is -0.391 e. The quantitative estimate of drug-likeness (QED) is 0.574. The van der Waals surface area contributed by atoms with Crippen molar-refractivity contribution in [1.29, 1.82) is 0 Å². The number of rotatable bonds is 3. The first-order valence-electron chi connectivity index (χ1n) is 9.33. The highest BCUT2D eigenvalue weighted by atomic mass is 32.1. The molecule has 142 valence electrons. The number of benzene rings is 1. The third-order valence-corrected chi connectivity index (χ3v) is 5.93. The van der Waals surface area contributed by atoms with Gasteiger partial charge < -0.3 is 15.4 Å². The van der Waals surface area contributed by atoms with Crippen LogP contribution in [0, 0.1) is 6.92 Å². The lowest BCUT2D eigenvalue weighted by atomic mass is 10.1. The number of thiophene rings is 1. The number of anilines is 2. The zero-order valence-corrected chi connectivity index (χ0v) is 16.4. The number of nitrogens with zero attached hydrogens (tertiary/aromatic N) is 4. The van der Waals surface area contributed by atoms with Gasteiger partial charge in [0.2, 0.25) is 0 Å². The van der Waals surface area contributed by atoms with Crippen molar-refractivity contribution in [3.05, 3.63) is 54.2 Å². The van der Waals surface area contributed by atoms with Crippen molar-refractivity contribution < 1.29 is 4.74 Å². The smallest absolute Gasteiger partial charge is 0.156 e. The highest BCUT2D eigenvalue weighted by Gasteiger charge is 2.18. The molecular weight excluding hydrogens is 370 g/mol. The van der Waals surface area contributed by atoms with Gasteiger partial charge >= 0.3 is 0 Å². The standard InChI is InChI=1S/C21H21N5OS/c1-14-3-2-4-15(11-14)16-5-6-26(24-16)20-13-18(25-7-9-27-10-8-25)21-17(23-20)12-19(22)28-21/h2-6,11-13H,7-10,22H2,1H3. The summed E-state index contributed by atoms with van der Waals surface area (Å²) in [5.41, 5.74) is 11.4. The van der Waals surface area contributed by atoms with E-state index in [4.69, 9.17) is 20.6 Å². The maximum atomic E-state index is 6.08. The molecule has 6 nitrogen and oxygen atoms in total. The predicted octanol–water partition coefficient (Wildman–Crippen LogP) is 3.88. The van der Waals surface area contributed by atoms with Crippen LogP contribution in [0.25, 0.3) is 27.3 Å². The van der Waals surface area contributed by atoms with E-state index in [1.165, 1.54) is 5.56 Å². The summed E-state index contributed by atoms with van der Waals surface area (Å²) in [5.74, 6) is 0.797. The lowest BCUT2D eigenvalue weighted by Gasteiger charge is -2.29. The Balaban J connectivity index is 1.59. The fourth-order valence-corrected chi connectivity index (χ4v) is 4.48. The fourth-order valence-electron chi connectivity index (χ4n) is 3.58. The first kappa shape index (κ1) is 17.2. The van der Waals surface area contributed by atoms with Gasteiger partial charge in [-0.3, -0.25) is 0 Å². The van der Waals surface area contributed by atoms with Crippen molar-refractivity contribution in [2.24, 2.45) is 0 Å². The number of nitrogens with two attached hydrogens (primary N) is 1. The van der Waals surface area contributed by atoms with Gasteiger partial charge in [-0.2, -0.15) is 5.10 Å². The molecule has 1 fully saturated rings. The van der Waals surface area contributed by atoms with Crippen LogP contribution in [0.3, 0.4) is 0 Å². The number of aromatic nitrogens is 3. The minimum absolute atomic E-state index is 0.735. The van der Waals surface area contributed by atoms with Gasteiger partial charge in [0.05, 0.1) is 39.8 Å². The molecule has 0 saturated carbocycles. The maximum absolute atomic E-state index is 6.08. The third kappa shape index (κ3) is 3.12. The van der Waals surface area contributed by atoms with E-state index >= 15 is 0 Å². The monoisotopic (exact) mass is 391 g/mol. The summed E-state index contributed by atoms with van der Waals surface area (Å²) in [6, 6.07) is 14.4. The average molecular weight is 392 g/mol. The summed E-state index contributed by atoms with van der Waals surface area (Å²) in [6.07, 6.45) is 1.96. The zero-order chi connectivity index (χ0) is 19.1. The fraction of sp³-hybridized carbons (Fsp3) is 0.238. The van der Waals surface area contributed by atoms with E-state index in [2.05, 4.69) is 42.2 Å². The van der Waals surface area contributed by atoms with Gasteiger partial charge in [-0.05, 0) is 25.1 Å². The van der Waals surface area contributed by atoms with Crippen LogP contribution >= 0.6 is 11.3 Å². The number of fused-ring (bicyclic) bond motifs is 1. The van der Waals surface area contributed by atoms with Crippen LogP contribution in [-0.4, -0.2) is 41.1 Å². The van der Waals surface area contributed by atoms with Crippen molar-refractivity contribution in [3.63, 3.8) is 0 Å². The summed E-state index contributed by atoms with van der Waals surface area (Å²) in [6.45, 7) is 5.29. The van der Waals surface area contributed by atoms with E-state index < -0.39 is 0 Å². The van der Waals surface area contributed by atoms with E-state index in [0.29, 0.717) is 0 Å². The summed E-state index contributed by atoms with van der Waals surface area (Å²) < 4.78 is 8.48. The Morgan fingerprint density at radius 3 is 2.79 bits per heavy atom. The van der Waals surface area contributed by atoms with Gasteiger partial charge in [-0.15, -0.1) is 11.3 Å². The summed E-state index contributed by atoms with van der Waals surface area (Å²) in [4.78, 5) is 7.16. The topological polar surface area (TPSA) is 69.2 Å². The molecule has 0 aliphatic carbocycles. The molecule has 0 bridgehead atoms. The van der Waals surface area contributed by atoms with E-state index in [1.807, 2.05) is 23.0 Å². The summed E-state index contributed by atoms with van der Waals surface area (Å²) in [5, 5.41) is 5.55. The molecule has 4 aromatic rings. The lowest BCUT2D eigenvalue weighted by Crippen LogP contribution is -2.36. The number of ether oxygens (including phenoxy) is 1. The van der Waals surface area contributed by atoms with Crippen LogP contribution < -0.4 is 10.6 Å². The Bertz CT molecular complexity index is 1140. The number of hydrogen-bond donors (Lipinski definition) is 1. The first-order valence-corrected chi connectivity index (χ1v) is 10.1. The van der Waals surface area contributed by atoms with E-state index in [1.54, 1.807) is 11.3 Å². The predicted molar refractivity (Wildman–Crippen MR) is 114 cm³/mol. The van der Waals surface area contributed by atoms with Gasteiger partial charge in [0.1, 0.15) is 0 Å². The Labute approximate surface area is 167 Å². The Kier molecular flexibility index (Phi) is 4.26. The van der Waals surface area contributed by atoms with Crippen molar-refractivity contribution >= 4 is 32.2 Å². The lowest BCUT2D eigenvalue weighted by molar-refractivity contribution is 0.123. The Morgan fingerprint density at radius 2 is 1.96 bits per heavy atom. The van der Waals surface area contributed by atoms with Gasteiger partial charge in [0, 0.05) is 30.9 Å². The van der Waals surface area contributed by atoms with Crippen molar-refractivity contribution in [2.75, 3.05) is 36.9 Å². The molecule has 0 spiro atoms. The molecule has 0 amide bonds. The van der Waals surface area contributed by atoms with Crippen LogP contribution in [0.15, 0.2) is 48.7 Å². The molecule has 1 aromatic carbocycles. The van der Waals surface area contributed by atoms with Gasteiger partial charge in [-0.1, -0.05) is 23.8 Å². The van der Waals surface area contributed by atoms with Crippen molar-refractivity contribution in [1.82, 2.24) is 14.8 Å². The largest absolute Gasteiger partial charge is 0.391 e. The van der Waals surface area contributed by atoms with Gasteiger partial charge in [0.25, 0.3) is 0 Å². The first-order chi connectivity index (χ1) is 13.7. The summed E-state index contributed by atoms with van der Waals surface area (Å²) >= 11 is 1.58. The highest BCUT2D eigenvalue weighted by molar-refractivity contribution is 7.23. The molecule has 0 unspecified atom stereocenters. The Hall–Kier alpha value is -2.90. The van der Waals surface area contributed by atoms with E-state index in [0.717, 1.165) is 64.3 Å². The second kappa shape index (κ2) is 6.92. The van der Waals surface area contributed by atoms with Gasteiger partial charge in [-0.25, -0.2) is 9.67 Å². The molecule has 0 radical (unpaired) electrons. The normalized spacial score (nSPS) is 14.7. The van der Waals surface area contributed by atoms with Crippen LogP contribution in [0.4, 0.5) is 10.7 Å². The molecule has 5 rings (SSSR count). The molecule has 0 atom stereocenters. The molecule has 1 aliphatic heterocycles. The second-order valence-corrected chi connectivity index (χ2v) is 8.06. The highest BCUT2D eigenvalue weighted by Crippen LogP contribution is 2.36. The van der Waals surface area contributed by atoms with Crippen molar-refractivity contribution in [2.45, 2.75) is 6.92 Å². The molecular formula is C21H21N5OS. The molecule has 4 heterocycles. The third-order valence-electron chi connectivity index (χ3n) is 4.95. The molecule has 1 aliphatic rings. The number of aryl methyl sites for hydroxylation is 1. The van der Waals surface area contributed by atoms with Crippen LogP contribution in [0.1, 0.15) is 5.56 Å². The zero-order valence-electron chi connectivity index (χ0n) is 15.6. The number of hydrogen-bond acceptors (Lipinski definition) is 6. The maximum Gasteiger partial charge on any atom is 0.156 e. The number of pyridine rings is 1. The average Bonchev–Trinajstić information content (AvgIpc) is 3.34. The summed E-state index contributed by atoms with van der Waals surface area (Å²) in [7, 11) is 0. The molecule has 1 saturated heterocycles. The number of morpholine rings is 1. The molecule has 7 heteroatoms. The minimum atomic E-state index is 0.735.